The molecule has 0 unspecified atom stereocenters. The summed E-state index contributed by atoms with van der Waals surface area (Å²) in [4.78, 5) is 14.4. The molecule has 0 fully saturated rings. The Morgan fingerprint density at radius 2 is 1.93 bits per heavy atom. The van der Waals surface area contributed by atoms with Crippen LogP contribution in [0.15, 0.2) is 36.9 Å². The van der Waals surface area contributed by atoms with Crippen LogP contribution in [0.1, 0.15) is 0 Å². The third kappa shape index (κ3) is 2.41. The van der Waals surface area contributed by atoms with E-state index in [-0.39, 0.29) is 0 Å². The van der Waals surface area contributed by atoms with E-state index in [9.17, 15) is 0 Å². The molecule has 2 aromatic rings. The minimum Gasteiger partial charge on any atom is -0.312 e. The van der Waals surface area contributed by atoms with Gasteiger partial charge < -0.3 is 4.90 Å². The summed E-state index contributed by atoms with van der Waals surface area (Å²) in [5, 5.41) is 0. The van der Waals surface area contributed by atoms with Crippen LogP contribution in [0.3, 0.4) is 0 Å². The minimum atomic E-state index is 0.670. The van der Waals surface area contributed by atoms with Gasteiger partial charge in [-0.3, -0.25) is 4.98 Å². The van der Waals surface area contributed by atoms with E-state index in [1.165, 1.54) is 0 Å². The summed E-state index contributed by atoms with van der Waals surface area (Å²) in [5.41, 5.74) is 0.971. The van der Waals surface area contributed by atoms with Crippen molar-refractivity contribution in [3.05, 3.63) is 40.5 Å². The zero-order chi connectivity index (χ0) is 10.7. The maximum Gasteiger partial charge on any atom is 0.229 e. The first-order valence-corrected chi connectivity index (χ1v) is 5.46. The van der Waals surface area contributed by atoms with Gasteiger partial charge in [-0.2, -0.15) is 0 Å². The Bertz CT molecular complexity index is 429. The van der Waals surface area contributed by atoms with Crippen molar-refractivity contribution in [1.29, 1.82) is 0 Å². The highest BCUT2D eigenvalue weighted by atomic mass is 127. The second-order valence-electron chi connectivity index (χ2n) is 2.97. The molecule has 2 rings (SSSR count). The van der Waals surface area contributed by atoms with Gasteiger partial charge in [0.25, 0.3) is 0 Å². The summed E-state index contributed by atoms with van der Waals surface area (Å²) < 4.78 is 1.02. The van der Waals surface area contributed by atoms with Crippen LogP contribution in [-0.4, -0.2) is 22.0 Å². The number of hydrogen-bond donors (Lipinski definition) is 0. The molecule has 2 aromatic heterocycles. The Balaban J connectivity index is 2.29. The summed E-state index contributed by atoms with van der Waals surface area (Å²) in [6.45, 7) is 0. The van der Waals surface area contributed by atoms with E-state index < -0.39 is 0 Å². The molecule has 0 atom stereocenters. The van der Waals surface area contributed by atoms with Crippen molar-refractivity contribution in [2.24, 2.45) is 0 Å². The van der Waals surface area contributed by atoms with Gasteiger partial charge in [0.05, 0.1) is 11.9 Å². The molecule has 0 aromatic carbocycles. The van der Waals surface area contributed by atoms with Crippen molar-refractivity contribution in [1.82, 2.24) is 15.0 Å². The van der Waals surface area contributed by atoms with Crippen LogP contribution >= 0.6 is 22.6 Å². The molecule has 5 heteroatoms. The fourth-order valence-electron chi connectivity index (χ4n) is 1.15. The van der Waals surface area contributed by atoms with Crippen LogP contribution in [0.25, 0.3) is 0 Å². The number of nitrogens with zero attached hydrogens (tertiary/aromatic N) is 4. The highest BCUT2D eigenvalue weighted by Gasteiger charge is 2.05. The Kier molecular flexibility index (Phi) is 3.10. The SMILES string of the molecule is CN(c1cccnc1)c1ncc(I)cn1. The molecule has 0 aliphatic carbocycles. The molecule has 0 aliphatic heterocycles. The average Bonchev–Trinajstić information content (AvgIpc) is 2.30. The Morgan fingerprint density at radius 1 is 1.20 bits per heavy atom. The average molecular weight is 312 g/mol. The van der Waals surface area contributed by atoms with Crippen molar-refractivity contribution >= 4 is 34.2 Å². The van der Waals surface area contributed by atoms with Gasteiger partial charge in [0.1, 0.15) is 0 Å². The molecular formula is C10H9IN4. The van der Waals surface area contributed by atoms with Crippen LogP contribution in [0.4, 0.5) is 11.6 Å². The second-order valence-corrected chi connectivity index (χ2v) is 4.22. The zero-order valence-corrected chi connectivity index (χ0v) is 10.3. The molecule has 0 spiro atoms. The molecule has 0 bridgehead atoms. The molecule has 0 radical (unpaired) electrons. The second kappa shape index (κ2) is 4.52. The van der Waals surface area contributed by atoms with E-state index in [1.807, 2.05) is 24.1 Å². The first-order valence-electron chi connectivity index (χ1n) is 4.38. The van der Waals surface area contributed by atoms with Crippen LogP contribution in [-0.2, 0) is 0 Å². The van der Waals surface area contributed by atoms with Gasteiger partial charge in [-0.25, -0.2) is 9.97 Å². The van der Waals surface area contributed by atoms with Crippen LogP contribution < -0.4 is 4.90 Å². The fourth-order valence-corrected chi connectivity index (χ4v) is 1.42. The fraction of sp³-hybridized carbons (Fsp3) is 0.100. The summed E-state index contributed by atoms with van der Waals surface area (Å²) in [6.07, 6.45) is 7.10. The van der Waals surface area contributed by atoms with Gasteiger partial charge in [-0.1, -0.05) is 0 Å². The van der Waals surface area contributed by atoms with E-state index in [0.717, 1.165) is 9.26 Å². The quantitative estimate of drug-likeness (QED) is 0.798. The normalized spacial score (nSPS) is 10.0. The largest absolute Gasteiger partial charge is 0.312 e. The number of rotatable bonds is 2. The lowest BCUT2D eigenvalue weighted by Crippen LogP contribution is -2.12. The van der Waals surface area contributed by atoms with Crippen LogP contribution in [0.5, 0.6) is 0 Å². The molecular weight excluding hydrogens is 303 g/mol. The maximum absolute atomic E-state index is 4.23. The highest BCUT2D eigenvalue weighted by molar-refractivity contribution is 14.1. The number of pyridine rings is 1. The summed E-state index contributed by atoms with van der Waals surface area (Å²) >= 11 is 2.18. The molecule has 0 amide bonds. The predicted molar refractivity (Wildman–Crippen MR) is 67.0 cm³/mol. The Morgan fingerprint density at radius 3 is 2.53 bits per heavy atom. The van der Waals surface area contributed by atoms with E-state index in [4.69, 9.17) is 0 Å². The number of anilines is 2. The van der Waals surface area contributed by atoms with Crippen molar-refractivity contribution in [3.8, 4) is 0 Å². The lowest BCUT2D eigenvalue weighted by molar-refractivity contribution is 1.03. The number of hydrogen-bond acceptors (Lipinski definition) is 4. The zero-order valence-electron chi connectivity index (χ0n) is 8.13. The Hall–Kier alpha value is -1.24. The molecule has 0 saturated heterocycles. The molecule has 0 N–H and O–H groups in total. The van der Waals surface area contributed by atoms with Gasteiger partial charge in [0.2, 0.25) is 5.95 Å². The third-order valence-electron chi connectivity index (χ3n) is 1.94. The third-order valence-corrected chi connectivity index (χ3v) is 2.50. The van der Waals surface area contributed by atoms with Gasteiger partial charge in [0, 0.05) is 29.2 Å². The molecule has 2 heterocycles. The minimum absolute atomic E-state index is 0.670. The first kappa shape index (κ1) is 10.3. The monoisotopic (exact) mass is 312 g/mol. The van der Waals surface area contributed by atoms with Gasteiger partial charge in [-0.05, 0) is 34.7 Å². The Labute approximate surface area is 102 Å². The van der Waals surface area contributed by atoms with Crippen molar-refractivity contribution in [2.75, 3.05) is 11.9 Å². The standard InChI is InChI=1S/C10H9IN4/c1-15(9-3-2-4-12-7-9)10-13-5-8(11)6-14-10/h2-7H,1H3. The predicted octanol–water partition coefficient (Wildman–Crippen LogP) is 2.24. The summed E-state index contributed by atoms with van der Waals surface area (Å²) in [6, 6.07) is 3.85. The number of halogens is 1. The van der Waals surface area contributed by atoms with E-state index in [2.05, 4.69) is 37.5 Å². The van der Waals surface area contributed by atoms with Gasteiger partial charge in [0.15, 0.2) is 0 Å². The van der Waals surface area contributed by atoms with Gasteiger partial charge >= 0.3 is 0 Å². The van der Waals surface area contributed by atoms with Crippen LogP contribution in [0.2, 0.25) is 0 Å². The molecule has 0 saturated carbocycles. The molecule has 4 nitrogen and oxygen atoms in total. The molecule has 76 valence electrons. The maximum atomic E-state index is 4.23. The summed E-state index contributed by atoms with van der Waals surface area (Å²) in [5.74, 6) is 0.670. The highest BCUT2D eigenvalue weighted by Crippen LogP contribution is 2.17. The van der Waals surface area contributed by atoms with Gasteiger partial charge in [-0.15, -0.1) is 0 Å². The van der Waals surface area contributed by atoms with E-state index >= 15 is 0 Å². The van der Waals surface area contributed by atoms with Crippen molar-refractivity contribution in [2.45, 2.75) is 0 Å². The summed E-state index contributed by atoms with van der Waals surface area (Å²) in [7, 11) is 1.92. The lowest BCUT2D eigenvalue weighted by atomic mass is 10.4. The first-order chi connectivity index (χ1) is 7.27. The molecule has 15 heavy (non-hydrogen) atoms. The number of aromatic nitrogens is 3. The van der Waals surface area contributed by atoms with Crippen LogP contribution in [0, 0.1) is 3.57 Å². The molecule has 0 aliphatic rings. The lowest BCUT2D eigenvalue weighted by Gasteiger charge is -2.15. The van der Waals surface area contributed by atoms with E-state index in [0.29, 0.717) is 5.95 Å². The van der Waals surface area contributed by atoms with E-state index in [1.54, 1.807) is 24.8 Å². The van der Waals surface area contributed by atoms with Crippen molar-refractivity contribution < 1.29 is 0 Å². The topological polar surface area (TPSA) is 41.9 Å². The van der Waals surface area contributed by atoms with Crippen molar-refractivity contribution in [3.63, 3.8) is 0 Å². The smallest absolute Gasteiger partial charge is 0.229 e.